The van der Waals surface area contributed by atoms with E-state index in [-0.39, 0.29) is 11.3 Å². The van der Waals surface area contributed by atoms with Gasteiger partial charge in [-0.3, -0.25) is 0 Å². The number of hydrogen-bond acceptors (Lipinski definition) is 3. The third-order valence-electron chi connectivity index (χ3n) is 1.55. The first-order valence-corrected chi connectivity index (χ1v) is 3.93. The van der Waals surface area contributed by atoms with Crippen LogP contribution in [0.1, 0.15) is 18.8 Å². The Morgan fingerprint density at radius 3 is 2.62 bits per heavy atom. The van der Waals surface area contributed by atoms with Gasteiger partial charge in [0.05, 0.1) is 6.61 Å². The SMILES string of the molecule is CCOc1ccc(C(O)O)cc1F. The van der Waals surface area contributed by atoms with Crippen LogP contribution in [0.25, 0.3) is 0 Å². The lowest BCUT2D eigenvalue weighted by Gasteiger charge is -2.07. The zero-order chi connectivity index (χ0) is 9.84. The summed E-state index contributed by atoms with van der Waals surface area (Å²) in [6, 6.07) is 3.81. The number of halogens is 1. The van der Waals surface area contributed by atoms with Crippen LogP contribution in [0.15, 0.2) is 18.2 Å². The molecule has 0 saturated heterocycles. The lowest BCUT2D eigenvalue weighted by atomic mass is 10.2. The van der Waals surface area contributed by atoms with Crippen LogP contribution in [-0.4, -0.2) is 16.8 Å². The topological polar surface area (TPSA) is 49.7 Å². The third-order valence-corrected chi connectivity index (χ3v) is 1.55. The van der Waals surface area contributed by atoms with Gasteiger partial charge in [-0.05, 0) is 19.1 Å². The van der Waals surface area contributed by atoms with Crippen LogP contribution in [0.4, 0.5) is 4.39 Å². The highest BCUT2D eigenvalue weighted by Crippen LogP contribution is 2.20. The van der Waals surface area contributed by atoms with E-state index in [9.17, 15) is 4.39 Å². The van der Waals surface area contributed by atoms with Crippen LogP contribution in [-0.2, 0) is 0 Å². The van der Waals surface area contributed by atoms with Crippen molar-refractivity contribution < 1.29 is 19.3 Å². The first-order chi connectivity index (χ1) is 6.15. The van der Waals surface area contributed by atoms with E-state index in [2.05, 4.69) is 0 Å². The van der Waals surface area contributed by atoms with Crippen LogP contribution in [0.5, 0.6) is 5.75 Å². The van der Waals surface area contributed by atoms with Crippen molar-refractivity contribution in [3.05, 3.63) is 29.6 Å². The van der Waals surface area contributed by atoms with Crippen LogP contribution < -0.4 is 4.74 Å². The molecule has 72 valence electrons. The van der Waals surface area contributed by atoms with Crippen LogP contribution >= 0.6 is 0 Å². The molecule has 0 spiro atoms. The van der Waals surface area contributed by atoms with E-state index in [1.54, 1.807) is 6.92 Å². The van der Waals surface area contributed by atoms with Crippen molar-refractivity contribution in [2.24, 2.45) is 0 Å². The molecule has 0 aliphatic carbocycles. The van der Waals surface area contributed by atoms with Crippen molar-refractivity contribution in [2.45, 2.75) is 13.2 Å². The number of aliphatic hydroxyl groups excluding tert-OH is 1. The van der Waals surface area contributed by atoms with Crippen molar-refractivity contribution in [3.63, 3.8) is 0 Å². The summed E-state index contributed by atoms with van der Waals surface area (Å²) in [6.45, 7) is 2.12. The number of ether oxygens (including phenoxy) is 1. The van der Waals surface area contributed by atoms with Gasteiger partial charge in [-0.1, -0.05) is 6.07 Å². The highest BCUT2D eigenvalue weighted by atomic mass is 19.1. The number of benzene rings is 1. The normalized spacial score (nSPS) is 10.5. The molecule has 1 aromatic carbocycles. The number of rotatable bonds is 3. The molecule has 0 amide bonds. The van der Waals surface area contributed by atoms with Crippen molar-refractivity contribution >= 4 is 0 Å². The lowest BCUT2D eigenvalue weighted by Crippen LogP contribution is -1.99. The van der Waals surface area contributed by atoms with E-state index in [0.29, 0.717) is 6.61 Å². The van der Waals surface area contributed by atoms with Gasteiger partial charge in [0, 0.05) is 5.56 Å². The average Bonchev–Trinajstić information content (AvgIpc) is 2.08. The zero-order valence-electron chi connectivity index (χ0n) is 7.20. The molecule has 0 unspecified atom stereocenters. The molecule has 0 bridgehead atoms. The highest BCUT2D eigenvalue weighted by molar-refractivity contribution is 5.29. The van der Waals surface area contributed by atoms with Crippen molar-refractivity contribution in [3.8, 4) is 5.75 Å². The summed E-state index contributed by atoms with van der Waals surface area (Å²) < 4.78 is 18.0. The molecule has 1 aromatic rings. The molecule has 0 fully saturated rings. The zero-order valence-corrected chi connectivity index (χ0v) is 7.20. The van der Waals surface area contributed by atoms with Gasteiger partial charge in [0.1, 0.15) is 0 Å². The fourth-order valence-electron chi connectivity index (χ4n) is 0.950. The molecule has 1 rings (SSSR count). The van der Waals surface area contributed by atoms with Gasteiger partial charge in [0.2, 0.25) is 0 Å². The molecule has 4 heteroatoms. The summed E-state index contributed by atoms with van der Waals surface area (Å²) in [5, 5.41) is 17.4. The fraction of sp³-hybridized carbons (Fsp3) is 0.333. The maximum absolute atomic E-state index is 13.1. The summed E-state index contributed by atoms with van der Waals surface area (Å²) in [5.74, 6) is -0.473. The Hall–Kier alpha value is -1.13. The largest absolute Gasteiger partial charge is 0.491 e. The van der Waals surface area contributed by atoms with Crippen LogP contribution in [0.2, 0.25) is 0 Å². The maximum Gasteiger partial charge on any atom is 0.178 e. The van der Waals surface area contributed by atoms with E-state index >= 15 is 0 Å². The van der Waals surface area contributed by atoms with E-state index < -0.39 is 12.1 Å². The molecule has 0 heterocycles. The Morgan fingerprint density at radius 2 is 2.15 bits per heavy atom. The van der Waals surface area contributed by atoms with E-state index in [0.717, 1.165) is 6.07 Å². The smallest absolute Gasteiger partial charge is 0.178 e. The molecule has 3 nitrogen and oxygen atoms in total. The summed E-state index contributed by atoms with van der Waals surface area (Å²) in [5.41, 5.74) is 0.112. The van der Waals surface area contributed by atoms with Gasteiger partial charge in [0.15, 0.2) is 17.9 Å². The molecule has 0 atom stereocenters. The summed E-state index contributed by atoms with van der Waals surface area (Å²) in [4.78, 5) is 0. The molecular formula is C9H11FO3. The highest BCUT2D eigenvalue weighted by Gasteiger charge is 2.07. The van der Waals surface area contributed by atoms with Gasteiger partial charge in [-0.15, -0.1) is 0 Å². The average molecular weight is 186 g/mol. The van der Waals surface area contributed by atoms with Crippen molar-refractivity contribution in [1.29, 1.82) is 0 Å². The minimum atomic E-state index is -1.65. The van der Waals surface area contributed by atoms with E-state index in [1.165, 1.54) is 12.1 Å². The Balaban J connectivity index is 2.92. The van der Waals surface area contributed by atoms with Crippen molar-refractivity contribution in [1.82, 2.24) is 0 Å². The second-order valence-corrected chi connectivity index (χ2v) is 2.50. The lowest BCUT2D eigenvalue weighted by molar-refractivity contribution is -0.0427. The number of aliphatic hydroxyl groups is 2. The predicted molar refractivity (Wildman–Crippen MR) is 44.7 cm³/mol. The van der Waals surface area contributed by atoms with Gasteiger partial charge in [-0.25, -0.2) is 4.39 Å². The monoisotopic (exact) mass is 186 g/mol. The second kappa shape index (κ2) is 4.20. The quantitative estimate of drug-likeness (QED) is 0.697. The van der Waals surface area contributed by atoms with Gasteiger partial charge in [-0.2, -0.15) is 0 Å². The van der Waals surface area contributed by atoms with Gasteiger partial charge < -0.3 is 14.9 Å². The maximum atomic E-state index is 13.1. The van der Waals surface area contributed by atoms with Crippen LogP contribution in [0, 0.1) is 5.82 Å². The minimum Gasteiger partial charge on any atom is -0.491 e. The Labute approximate surface area is 75.4 Å². The Morgan fingerprint density at radius 1 is 1.46 bits per heavy atom. The van der Waals surface area contributed by atoms with Gasteiger partial charge in [0.25, 0.3) is 0 Å². The Bertz CT molecular complexity index is 286. The van der Waals surface area contributed by atoms with Gasteiger partial charge >= 0.3 is 0 Å². The predicted octanol–water partition coefficient (Wildman–Crippen LogP) is 1.21. The van der Waals surface area contributed by atoms with Crippen LogP contribution in [0.3, 0.4) is 0 Å². The molecule has 2 N–H and O–H groups in total. The molecule has 0 aromatic heterocycles. The molecule has 0 radical (unpaired) electrons. The standard InChI is InChI=1S/C9H11FO3/c1-2-13-8-4-3-6(9(11)12)5-7(8)10/h3-5,9,11-12H,2H2,1H3. The first-order valence-electron chi connectivity index (χ1n) is 3.93. The van der Waals surface area contributed by atoms with E-state index in [4.69, 9.17) is 14.9 Å². The second-order valence-electron chi connectivity index (χ2n) is 2.50. The summed E-state index contributed by atoms with van der Waals surface area (Å²) in [6.07, 6.45) is -1.65. The molecule has 13 heavy (non-hydrogen) atoms. The first kappa shape index (κ1) is 9.95. The third kappa shape index (κ3) is 2.40. The minimum absolute atomic E-state index is 0.112. The number of hydrogen-bond donors (Lipinski definition) is 2. The molecule has 0 saturated carbocycles. The molecule has 0 aliphatic heterocycles. The summed E-state index contributed by atoms with van der Waals surface area (Å²) >= 11 is 0. The Kier molecular flexibility index (Phi) is 3.22. The molecule has 0 aliphatic rings. The molecular weight excluding hydrogens is 175 g/mol. The van der Waals surface area contributed by atoms with E-state index in [1.807, 2.05) is 0 Å². The van der Waals surface area contributed by atoms with Crippen molar-refractivity contribution in [2.75, 3.05) is 6.61 Å². The summed E-state index contributed by atoms with van der Waals surface area (Å²) in [7, 11) is 0. The fourth-order valence-corrected chi connectivity index (χ4v) is 0.950.